The zero-order chi connectivity index (χ0) is 7.23. The molecule has 0 atom stereocenters. The van der Waals surface area contributed by atoms with Crippen molar-refractivity contribution < 1.29 is 4.42 Å². The smallest absolute Gasteiger partial charge is 0.113 e. The minimum Gasteiger partial charge on any atom is -0.470 e. The Bertz CT molecular complexity index is 158. The fourth-order valence-electron chi connectivity index (χ4n) is 0.775. The molecule has 0 fully saturated rings. The van der Waals surface area contributed by atoms with Gasteiger partial charge in [0.15, 0.2) is 0 Å². The Morgan fingerprint density at radius 2 is 2.50 bits per heavy atom. The number of unbranched alkanes of at least 4 members (excludes halogenated alkanes) is 1. The van der Waals surface area contributed by atoms with Crippen LogP contribution in [0.15, 0.2) is 23.0 Å². The first kappa shape index (κ1) is 7.19. The van der Waals surface area contributed by atoms with Gasteiger partial charge in [-0.05, 0) is 12.5 Å². The molecule has 0 unspecified atom stereocenters. The fraction of sp³-hybridized carbons (Fsp3) is 0.500. The molecule has 56 valence electrons. The summed E-state index contributed by atoms with van der Waals surface area (Å²) in [6, 6.07) is 1.93. The van der Waals surface area contributed by atoms with E-state index in [-0.39, 0.29) is 0 Å². The monoisotopic (exact) mass is 139 g/mol. The van der Waals surface area contributed by atoms with E-state index in [4.69, 9.17) is 4.42 Å². The molecule has 1 aromatic rings. The van der Waals surface area contributed by atoms with Crippen LogP contribution in [0, 0.1) is 0 Å². The number of hydrogen-bond acceptors (Lipinski definition) is 2. The van der Waals surface area contributed by atoms with Crippen molar-refractivity contribution in [2.24, 2.45) is 0 Å². The standard InChI is InChI=1S/C8H13NO/c1-2-3-5-9-8-4-6-10-7-8/h4,6-7,9H,2-3,5H2,1H3. The molecule has 0 saturated heterocycles. The predicted molar refractivity (Wildman–Crippen MR) is 42.1 cm³/mol. The van der Waals surface area contributed by atoms with E-state index in [1.807, 2.05) is 6.07 Å². The van der Waals surface area contributed by atoms with Crippen LogP contribution in [0.2, 0.25) is 0 Å². The van der Waals surface area contributed by atoms with Crippen LogP contribution >= 0.6 is 0 Å². The zero-order valence-corrected chi connectivity index (χ0v) is 6.26. The highest BCUT2D eigenvalue weighted by Gasteiger charge is 1.89. The van der Waals surface area contributed by atoms with E-state index in [1.165, 1.54) is 12.8 Å². The molecule has 0 aliphatic rings. The quantitative estimate of drug-likeness (QED) is 0.648. The SMILES string of the molecule is CCCCNc1ccoc1. The van der Waals surface area contributed by atoms with Gasteiger partial charge in [0.25, 0.3) is 0 Å². The van der Waals surface area contributed by atoms with Crippen molar-refractivity contribution in [3.63, 3.8) is 0 Å². The Labute approximate surface area is 61.2 Å². The third kappa shape index (κ3) is 2.13. The van der Waals surface area contributed by atoms with E-state index in [1.54, 1.807) is 12.5 Å². The number of nitrogens with one attached hydrogen (secondary N) is 1. The molecule has 10 heavy (non-hydrogen) atoms. The average Bonchev–Trinajstić information content (AvgIpc) is 2.41. The Kier molecular flexibility index (Phi) is 2.87. The van der Waals surface area contributed by atoms with Crippen molar-refractivity contribution >= 4 is 5.69 Å². The van der Waals surface area contributed by atoms with Gasteiger partial charge in [-0.1, -0.05) is 13.3 Å². The second kappa shape index (κ2) is 3.99. The molecule has 0 aromatic carbocycles. The molecule has 0 aliphatic carbocycles. The average molecular weight is 139 g/mol. The second-order valence-electron chi connectivity index (χ2n) is 2.29. The minimum atomic E-state index is 1.04. The van der Waals surface area contributed by atoms with Gasteiger partial charge in [0, 0.05) is 6.54 Å². The van der Waals surface area contributed by atoms with Crippen molar-refractivity contribution in [2.45, 2.75) is 19.8 Å². The van der Waals surface area contributed by atoms with Gasteiger partial charge in [0.05, 0.1) is 12.0 Å². The zero-order valence-electron chi connectivity index (χ0n) is 6.26. The van der Waals surface area contributed by atoms with Crippen molar-refractivity contribution in [3.8, 4) is 0 Å². The highest BCUT2D eigenvalue weighted by molar-refractivity contribution is 5.38. The highest BCUT2D eigenvalue weighted by atomic mass is 16.3. The molecule has 1 aromatic heterocycles. The van der Waals surface area contributed by atoms with E-state index in [0.29, 0.717) is 0 Å². The molecular weight excluding hydrogens is 126 g/mol. The van der Waals surface area contributed by atoms with Crippen LogP contribution < -0.4 is 5.32 Å². The Hall–Kier alpha value is -0.920. The normalized spacial score (nSPS) is 9.70. The van der Waals surface area contributed by atoms with Crippen LogP contribution in [0.25, 0.3) is 0 Å². The van der Waals surface area contributed by atoms with Crippen molar-refractivity contribution in [2.75, 3.05) is 11.9 Å². The van der Waals surface area contributed by atoms with Gasteiger partial charge in [0.2, 0.25) is 0 Å². The predicted octanol–water partition coefficient (Wildman–Crippen LogP) is 2.49. The number of furan rings is 1. The summed E-state index contributed by atoms with van der Waals surface area (Å²) in [5.41, 5.74) is 1.08. The molecule has 0 aliphatic heterocycles. The van der Waals surface area contributed by atoms with Crippen LogP contribution in [0.5, 0.6) is 0 Å². The second-order valence-corrected chi connectivity index (χ2v) is 2.29. The fourth-order valence-corrected chi connectivity index (χ4v) is 0.775. The third-order valence-electron chi connectivity index (χ3n) is 1.38. The van der Waals surface area contributed by atoms with E-state index in [2.05, 4.69) is 12.2 Å². The van der Waals surface area contributed by atoms with E-state index in [0.717, 1.165) is 12.2 Å². The summed E-state index contributed by atoms with van der Waals surface area (Å²) in [5.74, 6) is 0. The van der Waals surface area contributed by atoms with Crippen LogP contribution in [-0.2, 0) is 0 Å². The molecule has 2 heteroatoms. The maximum absolute atomic E-state index is 4.88. The number of rotatable bonds is 4. The van der Waals surface area contributed by atoms with Crippen molar-refractivity contribution in [1.82, 2.24) is 0 Å². The first-order chi connectivity index (χ1) is 4.93. The third-order valence-corrected chi connectivity index (χ3v) is 1.38. The molecule has 0 saturated carbocycles. The summed E-state index contributed by atoms with van der Waals surface area (Å²) in [7, 11) is 0. The molecule has 1 heterocycles. The van der Waals surface area contributed by atoms with Crippen LogP contribution in [0.1, 0.15) is 19.8 Å². The molecule has 0 spiro atoms. The van der Waals surface area contributed by atoms with Gasteiger partial charge < -0.3 is 9.73 Å². The van der Waals surface area contributed by atoms with E-state index >= 15 is 0 Å². The van der Waals surface area contributed by atoms with Gasteiger partial charge in [0.1, 0.15) is 6.26 Å². The molecule has 0 radical (unpaired) electrons. The lowest BCUT2D eigenvalue weighted by molar-refractivity contribution is 0.568. The summed E-state index contributed by atoms with van der Waals surface area (Å²) < 4.78 is 4.88. The highest BCUT2D eigenvalue weighted by Crippen LogP contribution is 2.05. The molecule has 1 N–H and O–H groups in total. The first-order valence-electron chi connectivity index (χ1n) is 3.69. The lowest BCUT2D eigenvalue weighted by Gasteiger charge is -1.98. The van der Waals surface area contributed by atoms with Gasteiger partial charge in [-0.2, -0.15) is 0 Å². The van der Waals surface area contributed by atoms with Gasteiger partial charge in [-0.15, -0.1) is 0 Å². The first-order valence-corrected chi connectivity index (χ1v) is 3.69. The van der Waals surface area contributed by atoms with Crippen LogP contribution in [-0.4, -0.2) is 6.54 Å². The number of anilines is 1. The van der Waals surface area contributed by atoms with Gasteiger partial charge in [-0.3, -0.25) is 0 Å². The maximum Gasteiger partial charge on any atom is 0.113 e. The Morgan fingerprint density at radius 3 is 3.10 bits per heavy atom. The van der Waals surface area contributed by atoms with Crippen LogP contribution in [0.3, 0.4) is 0 Å². The summed E-state index contributed by atoms with van der Waals surface area (Å²) in [6.07, 6.45) is 5.83. The van der Waals surface area contributed by atoms with Crippen molar-refractivity contribution in [3.05, 3.63) is 18.6 Å². The topological polar surface area (TPSA) is 25.2 Å². The van der Waals surface area contributed by atoms with Crippen LogP contribution in [0.4, 0.5) is 5.69 Å². The molecule has 0 bridgehead atoms. The molecule has 0 amide bonds. The molecule has 1 rings (SSSR count). The Balaban J connectivity index is 2.15. The van der Waals surface area contributed by atoms with E-state index in [9.17, 15) is 0 Å². The maximum atomic E-state index is 4.88. The van der Waals surface area contributed by atoms with E-state index < -0.39 is 0 Å². The Morgan fingerprint density at radius 1 is 1.60 bits per heavy atom. The van der Waals surface area contributed by atoms with Gasteiger partial charge in [-0.25, -0.2) is 0 Å². The summed E-state index contributed by atoms with van der Waals surface area (Å²) >= 11 is 0. The number of hydrogen-bond donors (Lipinski definition) is 1. The summed E-state index contributed by atoms with van der Waals surface area (Å²) in [5, 5.41) is 3.23. The largest absolute Gasteiger partial charge is 0.470 e. The lowest BCUT2D eigenvalue weighted by Crippen LogP contribution is -1.98. The van der Waals surface area contributed by atoms with Crippen molar-refractivity contribution in [1.29, 1.82) is 0 Å². The van der Waals surface area contributed by atoms with Gasteiger partial charge >= 0.3 is 0 Å². The molecular formula is C8H13NO. The summed E-state index contributed by atoms with van der Waals surface area (Å²) in [6.45, 7) is 3.22. The lowest BCUT2D eigenvalue weighted by atomic mass is 10.3. The molecule has 2 nitrogen and oxygen atoms in total. The minimum absolute atomic E-state index is 1.04. The summed E-state index contributed by atoms with van der Waals surface area (Å²) in [4.78, 5) is 0.